The van der Waals surface area contributed by atoms with Crippen molar-refractivity contribution in [1.82, 2.24) is 5.32 Å². The number of nitrogens with one attached hydrogen (secondary N) is 1. The van der Waals surface area contributed by atoms with Gasteiger partial charge in [-0.15, -0.1) is 0 Å². The van der Waals surface area contributed by atoms with Crippen LogP contribution in [0.4, 0.5) is 5.69 Å². The number of benzene rings is 1. The van der Waals surface area contributed by atoms with Crippen molar-refractivity contribution in [2.45, 2.75) is 39.3 Å². The molecule has 1 aliphatic rings. The zero-order valence-electron chi connectivity index (χ0n) is 10.8. The van der Waals surface area contributed by atoms with E-state index < -0.39 is 0 Å². The molecule has 0 bridgehead atoms. The molecule has 1 aromatic carbocycles. The maximum absolute atomic E-state index is 3.55. The highest BCUT2D eigenvalue weighted by molar-refractivity contribution is 9.10. The van der Waals surface area contributed by atoms with Crippen LogP contribution in [-0.2, 0) is 0 Å². The molecule has 2 rings (SSSR count). The Kier molecular flexibility index (Phi) is 4.10. The molecule has 0 saturated carbocycles. The van der Waals surface area contributed by atoms with Crippen LogP contribution in [0, 0.1) is 6.92 Å². The molecule has 2 atom stereocenters. The van der Waals surface area contributed by atoms with Gasteiger partial charge in [0.05, 0.1) is 0 Å². The third-order valence-electron chi connectivity index (χ3n) is 3.53. The van der Waals surface area contributed by atoms with E-state index in [9.17, 15) is 0 Å². The molecule has 1 N–H and O–H groups in total. The summed E-state index contributed by atoms with van der Waals surface area (Å²) in [6.07, 6.45) is 1.21. The van der Waals surface area contributed by atoms with Crippen LogP contribution in [0.3, 0.4) is 0 Å². The number of rotatable bonds is 1. The summed E-state index contributed by atoms with van der Waals surface area (Å²) < 4.78 is 1.16. The fourth-order valence-corrected chi connectivity index (χ4v) is 2.99. The number of aryl methyl sites for hydroxylation is 1. The Morgan fingerprint density at radius 1 is 1.35 bits per heavy atom. The number of hydrogen-bond donors (Lipinski definition) is 1. The Labute approximate surface area is 113 Å². The quantitative estimate of drug-likeness (QED) is 0.855. The van der Waals surface area contributed by atoms with Crippen molar-refractivity contribution in [2.24, 2.45) is 0 Å². The normalized spacial score (nSPS) is 25.8. The fraction of sp³-hybridized carbons (Fsp3) is 0.571. The molecule has 1 saturated heterocycles. The van der Waals surface area contributed by atoms with Gasteiger partial charge in [0.15, 0.2) is 0 Å². The molecule has 1 heterocycles. The first kappa shape index (κ1) is 12.9. The molecule has 0 radical (unpaired) electrons. The van der Waals surface area contributed by atoms with Crippen molar-refractivity contribution in [3.05, 3.63) is 28.2 Å². The van der Waals surface area contributed by atoms with Crippen molar-refractivity contribution in [3.63, 3.8) is 0 Å². The molecule has 94 valence electrons. The van der Waals surface area contributed by atoms with Crippen molar-refractivity contribution in [1.29, 1.82) is 0 Å². The minimum absolute atomic E-state index is 0.558. The van der Waals surface area contributed by atoms with Crippen molar-refractivity contribution >= 4 is 21.6 Å². The monoisotopic (exact) mass is 296 g/mol. The van der Waals surface area contributed by atoms with Gasteiger partial charge in [0, 0.05) is 28.8 Å². The third-order valence-corrected chi connectivity index (χ3v) is 4.02. The van der Waals surface area contributed by atoms with Gasteiger partial charge in [-0.05, 0) is 57.5 Å². The summed E-state index contributed by atoms with van der Waals surface area (Å²) in [6, 6.07) is 7.73. The zero-order valence-corrected chi connectivity index (χ0v) is 12.4. The Bertz CT molecular complexity index is 392. The van der Waals surface area contributed by atoms with Crippen LogP contribution >= 0.6 is 15.9 Å². The number of nitrogens with zero attached hydrogens (tertiary/aromatic N) is 1. The van der Waals surface area contributed by atoms with Crippen LogP contribution in [0.25, 0.3) is 0 Å². The summed E-state index contributed by atoms with van der Waals surface area (Å²) in [6.45, 7) is 8.98. The summed E-state index contributed by atoms with van der Waals surface area (Å²) >= 11 is 3.53. The van der Waals surface area contributed by atoms with Crippen LogP contribution in [0.1, 0.15) is 25.8 Å². The Morgan fingerprint density at radius 3 is 2.82 bits per heavy atom. The van der Waals surface area contributed by atoms with Crippen LogP contribution < -0.4 is 10.2 Å². The SMILES string of the molecule is Cc1cc(Br)ccc1N1CC(C)NCCC1C. The molecular formula is C14H21BrN2. The molecule has 0 spiro atoms. The average Bonchev–Trinajstić information content (AvgIpc) is 2.41. The van der Waals surface area contributed by atoms with E-state index in [1.165, 1.54) is 17.7 Å². The van der Waals surface area contributed by atoms with Gasteiger partial charge in [-0.1, -0.05) is 15.9 Å². The standard InChI is InChI=1S/C14H21BrN2/c1-10-8-13(15)4-5-14(10)17-9-11(2)16-7-6-12(17)3/h4-5,8,11-12,16H,6-7,9H2,1-3H3. The zero-order chi connectivity index (χ0) is 12.4. The lowest BCUT2D eigenvalue weighted by Gasteiger charge is -2.32. The number of hydrogen-bond acceptors (Lipinski definition) is 2. The van der Waals surface area contributed by atoms with E-state index in [0.29, 0.717) is 12.1 Å². The van der Waals surface area contributed by atoms with Gasteiger partial charge in [0.25, 0.3) is 0 Å². The summed E-state index contributed by atoms with van der Waals surface area (Å²) in [5, 5.41) is 3.55. The highest BCUT2D eigenvalue weighted by atomic mass is 79.9. The van der Waals surface area contributed by atoms with Gasteiger partial charge >= 0.3 is 0 Å². The first-order valence-corrected chi connectivity index (χ1v) is 7.13. The Balaban J connectivity index is 2.29. The predicted molar refractivity (Wildman–Crippen MR) is 77.8 cm³/mol. The predicted octanol–water partition coefficient (Wildman–Crippen LogP) is 3.33. The fourth-order valence-electron chi connectivity index (χ4n) is 2.51. The highest BCUT2D eigenvalue weighted by Gasteiger charge is 2.21. The van der Waals surface area contributed by atoms with E-state index in [-0.39, 0.29) is 0 Å². The van der Waals surface area contributed by atoms with Gasteiger partial charge in [-0.2, -0.15) is 0 Å². The second-order valence-corrected chi connectivity index (χ2v) is 5.99. The molecule has 0 aromatic heterocycles. The van der Waals surface area contributed by atoms with Crippen LogP contribution in [0.15, 0.2) is 22.7 Å². The lowest BCUT2D eigenvalue weighted by molar-refractivity contribution is 0.584. The molecule has 1 aliphatic heterocycles. The molecule has 2 nitrogen and oxygen atoms in total. The molecule has 0 amide bonds. The largest absolute Gasteiger partial charge is 0.367 e. The van der Waals surface area contributed by atoms with E-state index in [0.717, 1.165) is 17.6 Å². The average molecular weight is 297 g/mol. The summed E-state index contributed by atoms with van der Waals surface area (Å²) in [4.78, 5) is 2.53. The second kappa shape index (κ2) is 5.40. The van der Waals surface area contributed by atoms with Crippen molar-refractivity contribution in [2.75, 3.05) is 18.0 Å². The van der Waals surface area contributed by atoms with E-state index in [1.54, 1.807) is 0 Å². The van der Waals surface area contributed by atoms with Gasteiger partial charge in [-0.3, -0.25) is 0 Å². The van der Waals surface area contributed by atoms with Gasteiger partial charge in [0.1, 0.15) is 0 Å². The molecule has 2 unspecified atom stereocenters. The van der Waals surface area contributed by atoms with E-state index in [2.05, 4.69) is 65.1 Å². The maximum Gasteiger partial charge on any atom is 0.0399 e. The first-order chi connectivity index (χ1) is 8.08. The molecule has 3 heteroatoms. The first-order valence-electron chi connectivity index (χ1n) is 6.34. The topological polar surface area (TPSA) is 15.3 Å². The Morgan fingerprint density at radius 2 is 2.12 bits per heavy atom. The molecule has 17 heavy (non-hydrogen) atoms. The molecule has 0 aliphatic carbocycles. The molecular weight excluding hydrogens is 276 g/mol. The smallest absolute Gasteiger partial charge is 0.0399 e. The van der Waals surface area contributed by atoms with Crippen molar-refractivity contribution in [3.8, 4) is 0 Å². The van der Waals surface area contributed by atoms with E-state index in [1.807, 2.05) is 0 Å². The molecule has 1 aromatic rings. The second-order valence-electron chi connectivity index (χ2n) is 5.08. The minimum Gasteiger partial charge on any atom is -0.367 e. The van der Waals surface area contributed by atoms with Crippen molar-refractivity contribution < 1.29 is 0 Å². The van der Waals surface area contributed by atoms with Crippen LogP contribution in [0.2, 0.25) is 0 Å². The third kappa shape index (κ3) is 3.02. The Hall–Kier alpha value is -0.540. The number of anilines is 1. The number of halogens is 1. The maximum atomic E-state index is 3.55. The summed E-state index contributed by atoms with van der Waals surface area (Å²) in [7, 11) is 0. The van der Waals surface area contributed by atoms with Gasteiger partial charge in [-0.25, -0.2) is 0 Å². The molecule has 1 fully saturated rings. The lowest BCUT2D eigenvalue weighted by Crippen LogP contribution is -2.38. The lowest BCUT2D eigenvalue weighted by atomic mass is 10.1. The van der Waals surface area contributed by atoms with E-state index >= 15 is 0 Å². The minimum atomic E-state index is 0.558. The highest BCUT2D eigenvalue weighted by Crippen LogP contribution is 2.27. The van der Waals surface area contributed by atoms with Gasteiger partial charge in [0.2, 0.25) is 0 Å². The van der Waals surface area contributed by atoms with Crippen LogP contribution in [0.5, 0.6) is 0 Å². The van der Waals surface area contributed by atoms with Crippen LogP contribution in [-0.4, -0.2) is 25.2 Å². The summed E-state index contributed by atoms with van der Waals surface area (Å²) in [5.41, 5.74) is 2.72. The van der Waals surface area contributed by atoms with E-state index in [4.69, 9.17) is 0 Å². The van der Waals surface area contributed by atoms with Gasteiger partial charge < -0.3 is 10.2 Å². The summed E-state index contributed by atoms with van der Waals surface area (Å²) in [5.74, 6) is 0.